The summed E-state index contributed by atoms with van der Waals surface area (Å²) < 4.78 is 53.8. The second kappa shape index (κ2) is 5.57. The molecule has 1 saturated heterocycles. The number of rotatable bonds is 3. The topological polar surface area (TPSA) is 97.8 Å². The predicted octanol–water partition coefficient (Wildman–Crippen LogP) is -0.114. The number of fused-ring (bicyclic) bond motifs is 1. The summed E-state index contributed by atoms with van der Waals surface area (Å²) in [6.07, 6.45) is 0. The van der Waals surface area contributed by atoms with Gasteiger partial charge in [0.15, 0.2) is 9.84 Å². The Bertz CT molecular complexity index is 834. The average molecular weight is 359 g/mol. The lowest BCUT2D eigenvalue weighted by atomic mass is 9.91. The molecule has 0 aliphatic carbocycles. The summed E-state index contributed by atoms with van der Waals surface area (Å²) in [5, 5.41) is -0.920. The fourth-order valence-electron chi connectivity index (χ4n) is 3.01. The van der Waals surface area contributed by atoms with Crippen molar-refractivity contribution in [2.24, 2.45) is 0 Å². The van der Waals surface area contributed by atoms with E-state index in [0.29, 0.717) is 0 Å². The van der Waals surface area contributed by atoms with Crippen LogP contribution in [0.15, 0.2) is 24.3 Å². The second-order valence-electron chi connectivity index (χ2n) is 5.81. The first-order chi connectivity index (χ1) is 10.7. The number of sulfone groups is 1. The third-order valence-corrected chi connectivity index (χ3v) is 8.73. The number of benzene rings is 1. The molecular weight excluding hydrogens is 342 g/mol. The number of carbonyl (C=O) groups is 1. The highest BCUT2D eigenvalue weighted by atomic mass is 32.2. The van der Waals surface area contributed by atoms with Crippen LogP contribution in [0.25, 0.3) is 0 Å². The van der Waals surface area contributed by atoms with Crippen molar-refractivity contribution in [3.63, 3.8) is 0 Å². The van der Waals surface area contributed by atoms with Crippen LogP contribution in [0.2, 0.25) is 0 Å². The zero-order valence-electron chi connectivity index (χ0n) is 12.5. The Morgan fingerprint density at radius 1 is 1.26 bits per heavy atom. The molecule has 9 heteroatoms. The van der Waals surface area contributed by atoms with Gasteiger partial charge in [-0.3, -0.25) is 4.79 Å². The van der Waals surface area contributed by atoms with E-state index in [1.54, 1.807) is 24.3 Å². The molecule has 2 aliphatic heterocycles. The summed E-state index contributed by atoms with van der Waals surface area (Å²) in [5.41, 5.74) is 1.49. The van der Waals surface area contributed by atoms with E-state index in [1.807, 2.05) is 0 Å². The second-order valence-corrected chi connectivity index (χ2v) is 10.2. The molecule has 1 unspecified atom stereocenters. The Morgan fingerprint density at radius 3 is 2.52 bits per heavy atom. The van der Waals surface area contributed by atoms with Gasteiger partial charge in [-0.2, -0.15) is 4.31 Å². The summed E-state index contributed by atoms with van der Waals surface area (Å²) in [6.45, 7) is 0.116. The smallest absolute Gasteiger partial charge is 0.314 e. The minimum atomic E-state index is -3.77. The van der Waals surface area contributed by atoms with E-state index < -0.39 is 37.0 Å². The number of esters is 1. The van der Waals surface area contributed by atoms with E-state index in [9.17, 15) is 21.6 Å². The van der Waals surface area contributed by atoms with Crippen LogP contribution in [0.1, 0.15) is 17.0 Å². The molecule has 0 aromatic heterocycles. The molecule has 0 bridgehead atoms. The van der Waals surface area contributed by atoms with E-state index in [1.165, 1.54) is 11.4 Å². The summed E-state index contributed by atoms with van der Waals surface area (Å²) in [6, 6.07) is 7.12. The third kappa shape index (κ3) is 2.88. The van der Waals surface area contributed by atoms with Crippen LogP contribution in [0.3, 0.4) is 0 Å². The molecule has 2 heterocycles. The Hall–Kier alpha value is -1.45. The number of nitrogens with zero attached hydrogens (tertiary/aromatic N) is 1. The molecule has 1 aromatic carbocycles. The molecule has 1 aromatic rings. The Kier molecular flexibility index (Phi) is 3.97. The monoisotopic (exact) mass is 359 g/mol. The molecular formula is C14H17NO6S2. The Labute approximate surface area is 135 Å². The largest absolute Gasteiger partial charge is 0.469 e. The van der Waals surface area contributed by atoms with Crippen LogP contribution in [0.4, 0.5) is 0 Å². The summed E-state index contributed by atoms with van der Waals surface area (Å²) >= 11 is 0. The van der Waals surface area contributed by atoms with Crippen molar-refractivity contribution in [2.45, 2.75) is 17.7 Å². The number of methoxy groups -OCH3 is 1. The highest BCUT2D eigenvalue weighted by molar-refractivity contribution is 7.98. The first-order valence-corrected chi connectivity index (χ1v) is 10.4. The number of ether oxygens (including phenoxy) is 1. The molecule has 0 amide bonds. The van der Waals surface area contributed by atoms with Crippen LogP contribution in [-0.4, -0.2) is 57.5 Å². The molecule has 7 nitrogen and oxygen atoms in total. The van der Waals surface area contributed by atoms with Crippen LogP contribution in [-0.2, 0) is 35.9 Å². The molecule has 0 N–H and O–H groups in total. The van der Waals surface area contributed by atoms with Gasteiger partial charge in [-0.05, 0) is 11.1 Å². The maximum absolute atomic E-state index is 12.6. The maximum atomic E-state index is 12.6. The fraction of sp³-hybridized carbons (Fsp3) is 0.500. The minimum Gasteiger partial charge on any atom is -0.469 e. The first kappa shape index (κ1) is 16.4. The van der Waals surface area contributed by atoms with E-state index in [0.717, 1.165) is 11.1 Å². The van der Waals surface area contributed by atoms with Crippen LogP contribution in [0.5, 0.6) is 0 Å². The zero-order chi connectivity index (χ0) is 16.8. The van der Waals surface area contributed by atoms with Gasteiger partial charge in [0, 0.05) is 13.1 Å². The minimum absolute atomic E-state index is 0.0252. The number of sulfonamides is 1. The van der Waals surface area contributed by atoms with E-state index in [4.69, 9.17) is 4.74 Å². The summed E-state index contributed by atoms with van der Waals surface area (Å²) in [4.78, 5) is 12.0. The molecule has 0 saturated carbocycles. The van der Waals surface area contributed by atoms with Gasteiger partial charge in [0.25, 0.3) is 0 Å². The van der Waals surface area contributed by atoms with Gasteiger partial charge in [-0.15, -0.1) is 0 Å². The molecule has 3 rings (SSSR count). The predicted molar refractivity (Wildman–Crippen MR) is 83.0 cm³/mol. The summed E-state index contributed by atoms with van der Waals surface area (Å²) in [7, 11) is -5.75. The van der Waals surface area contributed by atoms with Crippen molar-refractivity contribution in [1.29, 1.82) is 0 Å². The van der Waals surface area contributed by atoms with Crippen molar-refractivity contribution in [1.82, 2.24) is 4.31 Å². The number of hydrogen-bond donors (Lipinski definition) is 0. The van der Waals surface area contributed by atoms with Crippen molar-refractivity contribution in [3.8, 4) is 0 Å². The highest BCUT2D eigenvalue weighted by Gasteiger charge is 2.47. The van der Waals surface area contributed by atoms with Gasteiger partial charge in [0.1, 0.15) is 5.25 Å². The molecule has 0 spiro atoms. The average Bonchev–Trinajstić information content (AvgIpc) is 2.50. The quantitative estimate of drug-likeness (QED) is 0.698. The van der Waals surface area contributed by atoms with Gasteiger partial charge < -0.3 is 4.74 Å². The van der Waals surface area contributed by atoms with Gasteiger partial charge in [0.2, 0.25) is 10.0 Å². The molecule has 1 fully saturated rings. The normalized spacial score (nSPS) is 24.5. The maximum Gasteiger partial charge on any atom is 0.314 e. The van der Waals surface area contributed by atoms with Crippen LogP contribution < -0.4 is 0 Å². The SMILES string of the molecule is COC(=O)C1CN(S(=O)(=O)C2CS(=O)(=O)C2)Cc2ccccc21. The van der Waals surface area contributed by atoms with Crippen molar-refractivity contribution >= 4 is 25.8 Å². The molecule has 0 radical (unpaired) electrons. The van der Waals surface area contributed by atoms with E-state index >= 15 is 0 Å². The third-order valence-electron chi connectivity index (χ3n) is 4.31. The van der Waals surface area contributed by atoms with E-state index in [2.05, 4.69) is 0 Å². The van der Waals surface area contributed by atoms with Gasteiger partial charge in [-0.1, -0.05) is 24.3 Å². The molecule has 23 heavy (non-hydrogen) atoms. The lowest BCUT2D eigenvalue weighted by molar-refractivity contribution is -0.142. The van der Waals surface area contributed by atoms with E-state index in [-0.39, 0.29) is 24.6 Å². The fourth-order valence-corrected chi connectivity index (χ4v) is 7.77. The van der Waals surface area contributed by atoms with Crippen LogP contribution >= 0.6 is 0 Å². The molecule has 2 aliphatic rings. The lowest BCUT2D eigenvalue weighted by Crippen LogP contribution is -2.54. The van der Waals surface area contributed by atoms with Crippen molar-refractivity contribution < 1.29 is 26.4 Å². The Morgan fingerprint density at radius 2 is 1.91 bits per heavy atom. The molecule has 1 atom stereocenters. The lowest BCUT2D eigenvalue weighted by Gasteiger charge is -2.36. The number of carbonyl (C=O) groups excluding carboxylic acids is 1. The first-order valence-electron chi connectivity index (χ1n) is 7.09. The van der Waals surface area contributed by atoms with Gasteiger partial charge in [0.05, 0.1) is 24.5 Å². The molecule has 126 valence electrons. The van der Waals surface area contributed by atoms with Gasteiger partial charge in [-0.25, -0.2) is 16.8 Å². The highest BCUT2D eigenvalue weighted by Crippen LogP contribution is 2.33. The van der Waals surface area contributed by atoms with Crippen LogP contribution in [0, 0.1) is 0 Å². The zero-order valence-corrected chi connectivity index (χ0v) is 14.1. The standard InChI is InChI=1S/C14H17NO6S2/c1-21-14(16)13-7-15(6-10-4-2-3-5-12(10)13)23(19,20)11-8-22(17,18)9-11/h2-5,11,13H,6-9H2,1H3. The van der Waals surface area contributed by atoms with Crippen molar-refractivity contribution in [3.05, 3.63) is 35.4 Å². The Balaban J connectivity index is 1.93. The van der Waals surface area contributed by atoms with Gasteiger partial charge >= 0.3 is 5.97 Å². The summed E-state index contributed by atoms with van der Waals surface area (Å²) in [5.74, 6) is -1.90. The van der Waals surface area contributed by atoms with Crippen molar-refractivity contribution in [2.75, 3.05) is 25.2 Å². The number of hydrogen-bond acceptors (Lipinski definition) is 6.